The van der Waals surface area contributed by atoms with Gasteiger partial charge in [-0.05, 0) is 67.5 Å². The summed E-state index contributed by atoms with van der Waals surface area (Å²) in [5.74, 6) is -5.71. The molecule has 0 aliphatic carbocycles. The molecule has 0 heterocycles. The van der Waals surface area contributed by atoms with Gasteiger partial charge in [0.15, 0.2) is 17.4 Å². The summed E-state index contributed by atoms with van der Waals surface area (Å²) in [6, 6.07) is 11.9. The van der Waals surface area contributed by atoms with Gasteiger partial charge in [0.2, 0.25) is 5.82 Å². The van der Waals surface area contributed by atoms with Gasteiger partial charge in [-0.15, -0.1) is 0 Å². The highest BCUT2D eigenvalue weighted by Crippen LogP contribution is 2.27. The molecule has 3 aromatic carbocycles. The van der Waals surface area contributed by atoms with E-state index in [4.69, 9.17) is 9.84 Å². The van der Waals surface area contributed by atoms with E-state index in [1.807, 2.05) is 26.0 Å². The van der Waals surface area contributed by atoms with E-state index >= 15 is 0 Å². The van der Waals surface area contributed by atoms with Gasteiger partial charge in [0.25, 0.3) is 5.91 Å². The van der Waals surface area contributed by atoms with Crippen LogP contribution in [0.1, 0.15) is 70.9 Å². The van der Waals surface area contributed by atoms with Crippen molar-refractivity contribution in [2.24, 2.45) is 5.92 Å². The Labute approximate surface area is 220 Å². The molecule has 0 aliphatic heterocycles. The van der Waals surface area contributed by atoms with Crippen molar-refractivity contribution in [3.05, 3.63) is 99.4 Å². The number of hydrogen-bond donors (Lipinski definition) is 2. The average Bonchev–Trinajstić information content (AvgIpc) is 2.84. The van der Waals surface area contributed by atoms with Gasteiger partial charge >= 0.3 is 5.97 Å². The maximum Gasteiger partial charge on any atom is 0.303 e. The lowest BCUT2D eigenvalue weighted by atomic mass is 9.93. The molecule has 0 saturated carbocycles. The number of carbonyl (C=O) groups is 2. The first-order valence-corrected chi connectivity index (χ1v) is 12.4. The van der Waals surface area contributed by atoms with Crippen molar-refractivity contribution in [3.8, 4) is 5.75 Å². The van der Waals surface area contributed by atoms with Crippen LogP contribution in [-0.2, 0) is 17.8 Å². The Hall–Kier alpha value is -3.81. The molecular formula is C30H32F3NO4. The van der Waals surface area contributed by atoms with Crippen molar-refractivity contribution in [2.75, 3.05) is 0 Å². The smallest absolute Gasteiger partial charge is 0.303 e. The number of hydrogen-bond acceptors (Lipinski definition) is 3. The Morgan fingerprint density at radius 2 is 1.61 bits per heavy atom. The molecule has 1 unspecified atom stereocenters. The number of aryl methyl sites for hydroxylation is 3. The van der Waals surface area contributed by atoms with E-state index in [-0.39, 0.29) is 37.0 Å². The molecule has 2 N–H and O–H groups in total. The van der Waals surface area contributed by atoms with Crippen molar-refractivity contribution in [2.45, 2.75) is 59.6 Å². The first-order chi connectivity index (χ1) is 17.9. The Balaban J connectivity index is 1.92. The first kappa shape index (κ1) is 28.8. The van der Waals surface area contributed by atoms with Crippen LogP contribution in [0.3, 0.4) is 0 Å². The Bertz CT molecular complexity index is 1300. The van der Waals surface area contributed by atoms with Crippen molar-refractivity contribution in [3.63, 3.8) is 0 Å². The SMILES string of the molecule is Cc1cc(C)cc(C(CC(C)C)NC(=O)c2cc(COc3c(F)ccc(F)c3F)ccc2CCC(=O)O)c1. The summed E-state index contributed by atoms with van der Waals surface area (Å²) >= 11 is 0. The number of aliphatic carboxylic acids is 1. The van der Waals surface area contributed by atoms with Gasteiger partial charge in [0.1, 0.15) is 6.61 Å². The maximum atomic E-state index is 14.0. The third-order valence-corrected chi connectivity index (χ3v) is 6.07. The van der Waals surface area contributed by atoms with Gasteiger partial charge in [0, 0.05) is 12.0 Å². The van der Waals surface area contributed by atoms with Gasteiger partial charge in [0.05, 0.1) is 6.04 Å². The molecule has 5 nitrogen and oxygen atoms in total. The molecular weight excluding hydrogens is 495 g/mol. The third kappa shape index (κ3) is 7.60. The predicted octanol–water partition coefficient (Wildman–Crippen LogP) is 6.83. The lowest BCUT2D eigenvalue weighted by molar-refractivity contribution is -0.136. The molecule has 3 rings (SSSR count). The molecule has 0 radical (unpaired) electrons. The van der Waals surface area contributed by atoms with E-state index in [2.05, 4.69) is 25.2 Å². The second kappa shape index (κ2) is 12.6. The Morgan fingerprint density at radius 1 is 0.947 bits per heavy atom. The standard InChI is InChI=1S/C30H32F3NO4/c1-17(2)11-26(22-13-18(3)12-19(4)14-22)34-30(37)23-15-20(5-6-21(23)7-10-27(35)36)16-38-29-25(32)9-8-24(31)28(29)33/h5-6,8-9,12-15,17,26H,7,10-11,16H2,1-4H3,(H,34,37)(H,35,36). The zero-order valence-corrected chi connectivity index (χ0v) is 21.9. The number of ether oxygens (including phenoxy) is 1. The summed E-state index contributed by atoms with van der Waals surface area (Å²) in [6.45, 7) is 7.76. The largest absolute Gasteiger partial charge is 0.483 e. The molecule has 202 valence electrons. The van der Waals surface area contributed by atoms with E-state index in [0.717, 1.165) is 22.8 Å². The zero-order valence-electron chi connectivity index (χ0n) is 21.9. The number of carbonyl (C=O) groups excluding carboxylic acids is 1. The molecule has 8 heteroatoms. The Morgan fingerprint density at radius 3 is 2.24 bits per heavy atom. The van der Waals surface area contributed by atoms with Crippen LogP contribution in [0.2, 0.25) is 0 Å². The lowest BCUT2D eigenvalue weighted by Gasteiger charge is -2.23. The van der Waals surface area contributed by atoms with Crippen LogP contribution in [-0.4, -0.2) is 17.0 Å². The minimum absolute atomic E-state index is 0.116. The number of benzene rings is 3. The number of nitrogens with one attached hydrogen (secondary N) is 1. The number of carboxylic acids is 1. The average molecular weight is 528 g/mol. The third-order valence-electron chi connectivity index (χ3n) is 6.07. The summed E-state index contributed by atoms with van der Waals surface area (Å²) in [5.41, 5.74) is 4.27. The molecule has 1 amide bonds. The van der Waals surface area contributed by atoms with Crippen molar-refractivity contribution < 1.29 is 32.6 Å². The molecule has 0 spiro atoms. The minimum Gasteiger partial charge on any atom is -0.483 e. The van der Waals surface area contributed by atoms with E-state index in [0.29, 0.717) is 23.6 Å². The molecule has 0 aliphatic rings. The lowest BCUT2D eigenvalue weighted by Crippen LogP contribution is -2.30. The fraction of sp³-hybridized carbons (Fsp3) is 0.333. The molecule has 0 bridgehead atoms. The second-order valence-corrected chi connectivity index (χ2v) is 9.92. The van der Waals surface area contributed by atoms with Crippen molar-refractivity contribution in [1.29, 1.82) is 0 Å². The molecule has 0 fully saturated rings. The monoisotopic (exact) mass is 527 g/mol. The summed E-state index contributed by atoms with van der Waals surface area (Å²) in [6.07, 6.45) is 0.618. The van der Waals surface area contributed by atoms with Gasteiger partial charge in [-0.3, -0.25) is 9.59 Å². The number of amides is 1. The summed E-state index contributed by atoms with van der Waals surface area (Å²) in [7, 11) is 0. The predicted molar refractivity (Wildman–Crippen MR) is 139 cm³/mol. The van der Waals surface area contributed by atoms with Crippen LogP contribution in [0.25, 0.3) is 0 Å². The maximum absolute atomic E-state index is 14.0. The molecule has 0 aromatic heterocycles. The van der Waals surface area contributed by atoms with Crippen LogP contribution < -0.4 is 10.1 Å². The van der Waals surface area contributed by atoms with E-state index in [9.17, 15) is 22.8 Å². The Kier molecular flexibility index (Phi) is 9.55. The van der Waals surface area contributed by atoms with Crippen molar-refractivity contribution in [1.82, 2.24) is 5.32 Å². The van der Waals surface area contributed by atoms with Crippen molar-refractivity contribution >= 4 is 11.9 Å². The molecule has 1 atom stereocenters. The van der Waals surface area contributed by atoms with Crippen LogP contribution in [0.5, 0.6) is 5.75 Å². The highest BCUT2D eigenvalue weighted by molar-refractivity contribution is 5.96. The highest BCUT2D eigenvalue weighted by atomic mass is 19.2. The quantitative estimate of drug-likeness (QED) is 0.268. The minimum atomic E-state index is -1.44. The van der Waals surface area contributed by atoms with Crippen LogP contribution >= 0.6 is 0 Å². The van der Waals surface area contributed by atoms with Gasteiger partial charge < -0.3 is 15.2 Å². The molecule has 0 saturated heterocycles. The summed E-state index contributed by atoms with van der Waals surface area (Å²) < 4.78 is 46.8. The van der Waals surface area contributed by atoms with Crippen LogP contribution in [0.15, 0.2) is 48.5 Å². The number of carboxylic acid groups (broad SMARTS) is 1. The van der Waals surface area contributed by atoms with E-state index < -0.39 is 35.1 Å². The highest BCUT2D eigenvalue weighted by Gasteiger charge is 2.21. The van der Waals surface area contributed by atoms with E-state index in [1.54, 1.807) is 12.1 Å². The fourth-order valence-corrected chi connectivity index (χ4v) is 4.38. The van der Waals surface area contributed by atoms with Crippen LogP contribution in [0.4, 0.5) is 13.2 Å². The molecule has 38 heavy (non-hydrogen) atoms. The molecule has 3 aromatic rings. The summed E-state index contributed by atoms with van der Waals surface area (Å²) in [5, 5.41) is 12.3. The normalized spacial score (nSPS) is 11.9. The second-order valence-electron chi connectivity index (χ2n) is 9.92. The topological polar surface area (TPSA) is 75.6 Å². The fourth-order valence-electron chi connectivity index (χ4n) is 4.38. The van der Waals surface area contributed by atoms with Gasteiger partial charge in [-0.25, -0.2) is 8.78 Å². The first-order valence-electron chi connectivity index (χ1n) is 12.4. The van der Waals surface area contributed by atoms with Gasteiger partial charge in [-0.1, -0.05) is 55.3 Å². The zero-order chi connectivity index (χ0) is 28.0. The van der Waals surface area contributed by atoms with Gasteiger partial charge in [-0.2, -0.15) is 4.39 Å². The van der Waals surface area contributed by atoms with Crippen LogP contribution in [0, 0.1) is 37.2 Å². The summed E-state index contributed by atoms with van der Waals surface area (Å²) in [4.78, 5) is 24.8. The number of halogens is 3. The number of rotatable bonds is 11. The van der Waals surface area contributed by atoms with E-state index in [1.165, 1.54) is 6.07 Å².